The Hall–Kier alpha value is -3.42. The molecule has 0 saturated heterocycles. The van der Waals surface area contributed by atoms with Gasteiger partial charge in [-0.2, -0.15) is 0 Å². The van der Waals surface area contributed by atoms with Gasteiger partial charge in [-0.05, 0) is 30.3 Å². The van der Waals surface area contributed by atoms with Crippen LogP contribution < -0.4 is 14.2 Å². The molecule has 0 amide bonds. The van der Waals surface area contributed by atoms with Crippen LogP contribution in [0.25, 0.3) is 0 Å². The van der Waals surface area contributed by atoms with E-state index in [0.717, 1.165) is 12.1 Å². The number of esters is 1. The van der Waals surface area contributed by atoms with Gasteiger partial charge in [0.15, 0.2) is 29.6 Å². The number of phenolic OH excluding ortho intramolecular Hbond substituents is 2. The van der Waals surface area contributed by atoms with Gasteiger partial charge in [-0.25, -0.2) is 4.79 Å². The fourth-order valence-corrected chi connectivity index (χ4v) is 2.19. The van der Waals surface area contributed by atoms with Crippen LogP contribution in [0.15, 0.2) is 30.3 Å². The van der Waals surface area contributed by atoms with Gasteiger partial charge in [0.25, 0.3) is 0 Å². The van der Waals surface area contributed by atoms with Crippen LogP contribution in [0.1, 0.15) is 20.7 Å². The van der Waals surface area contributed by atoms with Gasteiger partial charge in [-0.15, -0.1) is 0 Å². The Balaban J connectivity index is 2.14. The number of rotatable bonds is 7. The zero-order valence-corrected chi connectivity index (χ0v) is 14.4. The summed E-state index contributed by atoms with van der Waals surface area (Å²) in [5.41, 5.74) is 0.207. The van der Waals surface area contributed by atoms with Gasteiger partial charge in [-0.3, -0.25) is 4.79 Å². The van der Waals surface area contributed by atoms with Crippen molar-refractivity contribution in [1.29, 1.82) is 0 Å². The molecule has 0 saturated carbocycles. The molecule has 0 aliphatic rings. The van der Waals surface area contributed by atoms with Crippen LogP contribution in [0.3, 0.4) is 0 Å². The minimum absolute atomic E-state index is 0.00186. The summed E-state index contributed by atoms with van der Waals surface area (Å²) in [7, 11) is 4.28. The van der Waals surface area contributed by atoms with Crippen molar-refractivity contribution >= 4 is 11.8 Å². The number of Topliss-reactive ketones (excluding diaryl/α,β-unsaturated/α-hetero) is 1. The predicted molar refractivity (Wildman–Crippen MR) is 90.5 cm³/mol. The first-order valence-electron chi connectivity index (χ1n) is 7.43. The maximum atomic E-state index is 12.3. The monoisotopic (exact) mass is 362 g/mol. The van der Waals surface area contributed by atoms with Crippen LogP contribution in [-0.4, -0.2) is 49.9 Å². The van der Waals surface area contributed by atoms with Gasteiger partial charge in [0.2, 0.25) is 11.5 Å². The number of methoxy groups -OCH3 is 3. The molecule has 0 radical (unpaired) electrons. The Morgan fingerprint density at radius 1 is 0.846 bits per heavy atom. The molecule has 2 N–H and O–H groups in total. The molecule has 8 nitrogen and oxygen atoms in total. The summed E-state index contributed by atoms with van der Waals surface area (Å²) in [6.45, 7) is -0.529. The quantitative estimate of drug-likeness (QED) is 0.438. The number of carbonyl (C=O) groups is 2. The molecule has 0 atom stereocenters. The first kappa shape index (κ1) is 18.9. The molecule has 0 fully saturated rings. The Labute approximate surface area is 149 Å². The smallest absolute Gasteiger partial charge is 0.338 e. The highest BCUT2D eigenvalue weighted by atomic mass is 16.5. The van der Waals surface area contributed by atoms with Crippen molar-refractivity contribution in [2.45, 2.75) is 0 Å². The zero-order valence-electron chi connectivity index (χ0n) is 14.4. The molecular formula is C18H18O8. The molecule has 0 unspecified atom stereocenters. The molecule has 2 aromatic rings. The van der Waals surface area contributed by atoms with Crippen LogP contribution in [0.5, 0.6) is 28.7 Å². The second-order valence-corrected chi connectivity index (χ2v) is 5.12. The Morgan fingerprint density at radius 2 is 1.46 bits per heavy atom. The topological polar surface area (TPSA) is 112 Å². The van der Waals surface area contributed by atoms with Crippen molar-refractivity contribution in [2.75, 3.05) is 27.9 Å². The van der Waals surface area contributed by atoms with Crippen LogP contribution in [0, 0.1) is 0 Å². The third-order valence-corrected chi connectivity index (χ3v) is 3.53. The summed E-state index contributed by atoms with van der Waals surface area (Å²) in [4.78, 5) is 24.3. The van der Waals surface area contributed by atoms with Gasteiger partial charge in [0, 0.05) is 5.56 Å². The average molecular weight is 362 g/mol. The van der Waals surface area contributed by atoms with E-state index in [1.54, 1.807) is 0 Å². The minimum Gasteiger partial charge on any atom is -0.504 e. The van der Waals surface area contributed by atoms with Gasteiger partial charge in [0.05, 0.1) is 26.9 Å². The number of hydrogen-bond donors (Lipinski definition) is 2. The van der Waals surface area contributed by atoms with Gasteiger partial charge >= 0.3 is 5.97 Å². The van der Waals surface area contributed by atoms with E-state index < -0.39 is 24.1 Å². The van der Waals surface area contributed by atoms with Crippen molar-refractivity contribution in [3.63, 3.8) is 0 Å². The summed E-state index contributed by atoms with van der Waals surface area (Å²) in [6.07, 6.45) is 0. The minimum atomic E-state index is -0.818. The van der Waals surface area contributed by atoms with Crippen LogP contribution in [0.2, 0.25) is 0 Å². The highest BCUT2D eigenvalue weighted by molar-refractivity contribution is 6.00. The lowest BCUT2D eigenvalue weighted by Gasteiger charge is -2.13. The normalized spacial score (nSPS) is 10.1. The summed E-state index contributed by atoms with van der Waals surface area (Å²) < 4.78 is 20.5. The summed E-state index contributed by atoms with van der Waals surface area (Å²) in [6, 6.07) is 6.35. The van der Waals surface area contributed by atoms with E-state index in [1.807, 2.05) is 0 Å². The third kappa shape index (κ3) is 3.97. The number of ketones is 1. The number of aromatic hydroxyl groups is 2. The molecular weight excluding hydrogens is 344 g/mol. The molecule has 8 heteroatoms. The van der Waals surface area contributed by atoms with Crippen LogP contribution in [0.4, 0.5) is 0 Å². The Morgan fingerprint density at radius 3 is 1.96 bits per heavy atom. The van der Waals surface area contributed by atoms with Crippen LogP contribution in [-0.2, 0) is 4.74 Å². The fraction of sp³-hybridized carbons (Fsp3) is 0.222. The molecule has 0 bridgehead atoms. The number of hydrogen-bond acceptors (Lipinski definition) is 8. The van der Waals surface area contributed by atoms with E-state index in [1.165, 1.54) is 39.5 Å². The summed E-state index contributed by atoms with van der Waals surface area (Å²) in [5.74, 6) is -1.20. The highest BCUT2D eigenvalue weighted by Gasteiger charge is 2.19. The Kier molecular flexibility index (Phi) is 5.90. The molecule has 2 aromatic carbocycles. The maximum Gasteiger partial charge on any atom is 0.338 e. The lowest BCUT2D eigenvalue weighted by atomic mass is 10.1. The van der Waals surface area contributed by atoms with Crippen molar-refractivity contribution in [2.24, 2.45) is 0 Å². The van der Waals surface area contributed by atoms with E-state index in [-0.39, 0.29) is 16.9 Å². The highest BCUT2D eigenvalue weighted by Crippen LogP contribution is 2.38. The zero-order chi connectivity index (χ0) is 19.3. The molecule has 2 rings (SSSR count). The van der Waals surface area contributed by atoms with Gasteiger partial charge in [0.1, 0.15) is 0 Å². The van der Waals surface area contributed by atoms with Crippen molar-refractivity contribution in [3.8, 4) is 28.7 Å². The average Bonchev–Trinajstić information content (AvgIpc) is 2.66. The van der Waals surface area contributed by atoms with Crippen LogP contribution >= 0.6 is 0 Å². The number of ether oxygens (including phenoxy) is 4. The van der Waals surface area contributed by atoms with Gasteiger partial charge in [-0.1, -0.05) is 0 Å². The SMILES string of the molecule is COc1cc(C(=O)COC(=O)c2ccc(O)c(O)c2)cc(OC)c1OC. The standard InChI is InChI=1S/C18H18O8/c1-23-15-7-11(8-16(24-2)17(15)25-3)14(21)9-26-18(22)10-4-5-12(19)13(20)6-10/h4-8,19-20H,9H2,1-3H3. The predicted octanol–water partition coefficient (Wildman–Crippen LogP) is 2.16. The maximum absolute atomic E-state index is 12.3. The molecule has 138 valence electrons. The second-order valence-electron chi connectivity index (χ2n) is 5.12. The van der Waals surface area contributed by atoms with E-state index >= 15 is 0 Å². The second kappa shape index (κ2) is 8.11. The van der Waals surface area contributed by atoms with E-state index in [9.17, 15) is 19.8 Å². The first-order valence-corrected chi connectivity index (χ1v) is 7.43. The fourth-order valence-electron chi connectivity index (χ4n) is 2.19. The Bertz CT molecular complexity index is 803. The first-order chi connectivity index (χ1) is 12.4. The summed E-state index contributed by atoms with van der Waals surface area (Å²) >= 11 is 0. The molecule has 0 heterocycles. The lowest BCUT2D eigenvalue weighted by molar-refractivity contribution is 0.0474. The molecule has 0 aromatic heterocycles. The van der Waals surface area contributed by atoms with Crippen molar-refractivity contribution in [1.82, 2.24) is 0 Å². The van der Waals surface area contributed by atoms with E-state index in [2.05, 4.69) is 0 Å². The number of phenols is 2. The number of benzene rings is 2. The van der Waals surface area contributed by atoms with E-state index in [4.69, 9.17) is 18.9 Å². The summed E-state index contributed by atoms with van der Waals surface area (Å²) in [5, 5.41) is 18.6. The third-order valence-electron chi connectivity index (χ3n) is 3.53. The molecule has 26 heavy (non-hydrogen) atoms. The molecule has 0 aliphatic heterocycles. The van der Waals surface area contributed by atoms with Gasteiger partial charge < -0.3 is 29.2 Å². The molecule has 0 spiro atoms. The van der Waals surface area contributed by atoms with E-state index in [0.29, 0.717) is 17.2 Å². The lowest BCUT2D eigenvalue weighted by Crippen LogP contribution is -2.14. The molecule has 0 aliphatic carbocycles. The number of carbonyl (C=O) groups excluding carboxylic acids is 2. The van der Waals surface area contributed by atoms with Crippen molar-refractivity contribution in [3.05, 3.63) is 41.5 Å². The van der Waals surface area contributed by atoms with Crippen molar-refractivity contribution < 1.29 is 38.7 Å². The largest absolute Gasteiger partial charge is 0.504 e.